The highest BCUT2D eigenvalue weighted by atomic mass is 35.5. The third-order valence-corrected chi connectivity index (χ3v) is 3.55. The summed E-state index contributed by atoms with van der Waals surface area (Å²) < 4.78 is 5.39. The number of hydrogen-bond acceptors (Lipinski definition) is 3. The maximum atomic E-state index is 12.0. The first-order valence-corrected chi connectivity index (χ1v) is 7.94. The van der Waals surface area contributed by atoms with Gasteiger partial charge in [0.2, 0.25) is 5.91 Å². The van der Waals surface area contributed by atoms with Crippen LogP contribution < -0.4 is 15.4 Å². The third kappa shape index (κ3) is 5.28. The number of rotatable bonds is 6. The molecule has 0 saturated heterocycles. The van der Waals surface area contributed by atoms with Gasteiger partial charge in [-0.3, -0.25) is 9.59 Å². The lowest BCUT2D eigenvalue weighted by Gasteiger charge is -2.11. The molecule has 0 aliphatic heterocycles. The molecule has 5 nitrogen and oxygen atoms in total. The van der Waals surface area contributed by atoms with Gasteiger partial charge in [0.15, 0.2) is 6.61 Å². The van der Waals surface area contributed by atoms with Gasteiger partial charge in [-0.2, -0.15) is 0 Å². The molecule has 2 amide bonds. The molecular weight excluding hydrogens is 328 g/mol. The molecule has 0 aliphatic carbocycles. The molecule has 0 atom stereocenters. The van der Waals surface area contributed by atoms with Gasteiger partial charge in [0.1, 0.15) is 5.75 Å². The number of halogens is 1. The number of aryl methyl sites for hydroxylation is 1. The maximum Gasteiger partial charge on any atom is 0.262 e. The number of hydrogen-bond donors (Lipinski definition) is 2. The maximum absolute atomic E-state index is 12.0. The Labute approximate surface area is 146 Å². The average molecular weight is 347 g/mol. The lowest BCUT2D eigenvalue weighted by atomic mass is 10.1. The standard InChI is InChI=1S/C18H19ClN2O3/c1-3-17(22)21-16-10-14(7-4-12(16)2)20-18(23)11-24-15-8-5-13(19)6-9-15/h4-10H,3,11H2,1-2H3,(H,20,23)(H,21,22). The minimum absolute atomic E-state index is 0.0763. The van der Waals surface area contributed by atoms with Crippen molar-refractivity contribution in [1.82, 2.24) is 0 Å². The molecule has 2 aromatic carbocycles. The van der Waals surface area contributed by atoms with Gasteiger partial charge in [-0.1, -0.05) is 24.6 Å². The van der Waals surface area contributed by atoms with Crippen LogP contribution in [0.1, 0.15) is 18.9 Å². The molecule has 0 aromatic heterocycles. The fraction of sp³-hybridized carbons (Fsp3) is 0.222. The third-order valence-electron chi connectivity index (χ3n) is 3.30. The topological polar surface area (TPSA) is 67.4 Å². The molecule has 0 unspecified atom stereocenters. The molecule has 24 heavy (non-hydrogen) atoms. The second-order valence-electron chi connectivity index (χ2n) is 5.22. The van der Waals surface area contributed by atoms with Crippen LogP contribution in [-0.4, -0.2) is 18.4 Å². The second-order valence-corrected chi connectivity index (χ2v) is 5.66. The summed E-state index contributed by atoms with van der Waals surface area (Å²) in [6.45, 7) is 3.55. The number of ether oxygens (including phenoxy) is 1. The summed E-state index contributed by atoms with van der Waals surface area (Å²) in [6, 6.07) is 12.1. The Morgan fingerprint density at radius 1 is 1.04 bits per heavy atom. The van der Waals surface area contributed by atoms with Crippen LogP contribution >= 0.6 is 11.6 Å². The quantitative estimate of drug-likeness (QED) is 0.830. The normalized spacial score (nSPS) is 10.1. The molecule has 0 heterocycles. The van der Waals surface area contributed by atoms with Crippen molar-refractivity contribution in [2.24, 2.45) is 0 Å². The Morgan fingerprint density at radius 3 is 2.42 bits per heavy atom. The van der Waals surface area contributed by atoms with E-state index >= 15 is 0 Å². The number of benzene rings is 2. The van der Waals surface area contributed by atoms with E-state index < -0.39 is 0 Å². The number of carbonyl (C=O) groups excluding carboxylic acids is 2. The summed E-state index contributed by atoms with van der Waals surface area (Å²) in [7, 11) is 0. The van der Waals surface area contributed by atoms with Gasteiger partial charge >= 0.3 is 0 Å². The van der Waals surface area contributed by atoms with Crippen LogP contribution in [0.3, 0.4) is 0 Å². The lowest BCUT2D eigenvalue weighted by Crippen LogP contribution is -2.20. The van der Waals surface area contributed by atoms with Crippen molar-refractivity contribution in [3.8, 4) is 5.75 Å². The molecule has 2 aromatic rings. The number of carbonyl (C=O) groups is 2. The lowest BCUT2D eigenvalue weighted by molar-refractivity contribution is -0.118. The molecule has 0 saturated carbocycles. The zero-order valence-corrected chi connectivity index (χ0v) is 14.3. The fourth-order valence-electron chi connectivity index (χ4n) is 1.95. The number of nitrogens with one attached hydrogen (secondary N) is 2. The molecule has 6 heteroatoms. The van der Waals surface area contributed by atoms with Crippen molar-refractivity contribution in [1.29, 1.82) is 0 Å². The minimum atomic E-state index is -0.290. The van der Waals surface area contributed by atoms with Crippen LogP contribution in [0.5, 0.6) is 5.75 Å². The molecule has 0 spiro atoms. The highest BCUT2D eigenvalue weighted by Gasteiger charge is 2.07. The Kier molecular flexibility index (Phi) is 6.21. The summed E-state index contributed by atoms with van der Waals surface area (Å²) >= 11 is 5.79. The highest BCUT2D eigenvalue weighted by Crippen LogP contribution is 2.21. The van der Waals surface area contributed by atoms with Crippen molar-refractivity contribution in [3.63, 3.8) is 0 Å². The van der Waals surface area contributed by atoms with Crippen molar-refractivity contribution >= 4 is 34.8 Å². The van der Waals surface area contributed by atoms with E-state index in [2.05, 4.69) is 10.6 Å². The first kappa shape index (κ1) is 17.8. The van der Waals surface area contributed by atoms with Gasteiger partial charge in [-0.05, 0) is 48.9 Å². The zero-order chi connectivity index (χ0) is 17.5. The average Bonchev–Trinajstić information content (AvgIpc) is 2.57. The van der Waals surface area contributed by atoms with E-state index in [9.17, 15) is 9.59 Å². The van der Waals surface area contributed by atoms with Crippen molar-refractivity contribution in [3.05, 3.63) is 53.1 Å². The summed E-state index contributed by atoms with van der Waals surface area (Å²) in [5, 5.41) is 6.15. The van der Waals surface area contributed by atoms with Crippen molar-refractivity contribution in [2.45, 2.75) is 20.3 Å². The Morgan fingerprint density at radius 2 is 1.75 bits per heavy atom. The number of amides is 2. The molecule has 126 valence electrons. The van der Waals surface area contributed by atoms with Crippen LogP contribution in [0.4, 0.5) is 11.4 Å². The van der Waals surface area contributed by atoms with E-state index in [0.29, 0.717) is 28.6 Å². The predicted molar refractivity (Wildman–Crippen MR) is 95.7 cm³/mol. The van der Waals surface area contributed by atoms with Gasteiger partial charge in [-0.25, -0.2) is 0 Å². The van der Waals surface area contributed by atoms with Crippen molar-refractivity contribution in [2.75, 3.05) is 17.2 Å². The number of anilines is 2. The van der Waals surface area contributed by atoms with Gasteiger partial charge in [-0.15, -0.1) is 0 Å². The van der Waals surface area contributed by atoms with Crippen LogP contribution in [0, 0.1) is 6.92 Å². The van der Waals surface area contributed by atoms with Gasteiger partial charge in [0.25, 0.3) is 5.91 Å². The molecule has 0 aliphatic rings. The first-order chi connectivity index (χ1) is 11.5. The SMILES string of the molecule is CCC(=O)Nc1cc(NC(=O)COc2ccc(Cl)cc2)ccc1C. The van der Waals surface area contributed by atoms with E-state index in [0.717, 1.165) is 5.56 Å². The monoisotopic (exact) mass is 346 g/mol. The highest BCUT2D eigenvalue weighted by molar-refractivity contribution is 6.30. The molecule has 2 rings (SSSR count). The summed E-state index contributed by atoms with van der Waals surface area (Å²) in [4.78, 5) is 23.5. The van der Waals surface area contributed by atoms with E-state index in [-0.39, 0.29) is 18.4 Å². The van der Waals surface area contributed by atoms with Gasteiger partial charge in [0, 0.05) is 22.8 Å². The predicted octanol–water partition coefficient (Wildman–Crippen LogP) is 4.01. The van der Waals surface area contributed by atoms with Crippen LogP contribution in [0.25, 0.3) is 0 Å². The second kappa shape index (κ2) is 8.36. The minimum Gasteiger partial charge on any atom is -0.484 e. The molecule has 0 bridgehead atoms. The van der Waals surface area contributed by atoms with E-state index in [1.165, 1.54) is 0 Å². The smallest absolute Gasteiger partial charge is 0.262 e. The van der Waals surface area contributed by atoms with E-state index in [1.54, 1.807) is 43.3 Å². The summed E-state index contributed by atoms with van der Waals surface area (Å²) in [6.07, 6.45) is 0.394. The summed E-state index contributed by atoms with van der Waals surface area (Å²) in [5.41, 5.74) is 2.20. The Hall–Kier alpha value is -2.53. The van der Waals surface area contributed by atoms with E-state index in [4.69, 9.17) is 16.3 Å². The molecule has 2 N–H and O–H groups in total. The largest absolute Gasteiger partial charge is 0.484 e. The summed E-state index contributed by atoms with van der Waals surface area (Å²) in [5.74, 6) is 0.198. The fourth-order valence-corrected chi connectivity index (χ4v) is 2.08. The molecular formula is C18H19ClN2O3. The zero-order valence-electron chi connectivity index (χ0n) is 13.6. The van der Waals surface area contributed by atoms with Crippen LogP contribution in [-0.2, 0) is 9.59 Å². The van der Waals surface area contributed by atoms with Gasteiger partial charge in [0.05, 0.1) is 0 Å². The van der Waals surface area contributed by atoms with E-state index in [1.807, 2.05) is 13.0 Å². The molecule has 0 radical (unpaired) electrons. The van der Waals surface area contributed by atoms with Crippen LogP contribution in [0.2, 0.25) is 5.02 Å². The molecule has 0 fully saturated rings. The van der Waals surface area contributed by atoms with Crippen molar-refractivity contribution < 1.29 is 14.3 Å². The first-order valence-electron chi connectivity index (χ1n) is 7.56. The van der Waals surface area contributed by atoms with Crippen LogP contribution in [0.15, 0.2) is 42.5 Å². The Balaban J connectivity index is 1.94. The van der Waals surface area contributed by atoms with Gasteiger partial charge < -0.3 is 15.4 Å². The Bertz CT molecular complexity index is 730.